The number of phenolic OH excluding ortho intramolecular Hbond substituents is 1. The quantitative estimate of drug-likeness (QED) is 0.139. The lowest BCUT2D eigenvalue weighted by molar-refractivity contribution is -0.131. The number of benzene rings is 3. The third-order valence-electron chi connectivity index (χ3n) is 12.3. The smallest absolute Gasteiger partial charge is 0.242 e. The van der Waals surface area contributed by atoms with Crippen molar-refractivity contribution in [2.24, 2.45) is 36.1 Å². The van der Waals surface area contributed by atoms with Gasteiger partial charge in [0.25, 0.3) is 0 Å². The molecule has 2 aromatic heterocycles. The molecule has 3 fully saturated rings. The number of allylic oxidation sites excluding steroid dienone is 2. The van der Waals surface area contributed by atoms with E-state index in [1.165, 1.54) is 30.1 Å². The molecule has 1 N–H and O–H groups in total. The molecule has 5 aromatic rings. The Morgan fingerprint density at radius 3 is 2.42 bits per heavy atom. The number of halogens is 1. The molecule has 1 saturated carbocycles. The number of aromatic nitrogens is 2. The van der Waals surface area contributed by atoms with Crippen LogP contribution in [0.15, 0.2) is 78.4 Å². The Bertz CT molecular complexity index is 2530. The Hall–Kier alpha value is -5.46. The number of thiophene rings is 1. The maximum absolute atomic E-state index is 15.2. The molecule has 11 nitrogen and oxygen atoms in total. The summed E-state index contributed by atoms with van der Waals surface area (Å²) in [7, 11) is 4.64. The van der Waals surface area contributed by atoms with E-state index in [0.717, 1.165) is 26.1 Å². The molecule has 55 heavy (non-hydrogen) atoms. The highest BCUT2D eigenvalue weighted by atomic mass is 35.5. The van der Waals surface area contributed by atoms with Crippen LogP contribution in [0.5, 0.6) is 17.2 Å². The average molecular weight is 777 g/mol. The van der Waals surface area contributed by atoms with Crippen LogP contribution in [0.4, 0.5) is 11.5 Å². The summed E-state index contributed by atoms with van der Waals surface area (Å²) in [5.41, 5.74) is 1.69. The fourth-order valence-electron chi connectivity index (χ4n) is 9.75. The predicted octanol–water partition coefficient (Wildman–Crippen LogP) is 7.42. The minimum atomic E-state index is -1.43. The number of para-hydroxylation sites is 1. The summed E-state index contributed by atoms with van der Waals surface area (Å²) < 4.78 is 13.9. The highest BCUT2D eigenvalue weighted by molar-refractivity contribution is 7.22. The van der Waals surface area contributed by atoms with Crippen molar-refractivity contribution in [3.05, 3.63) is 94.5 Å². The topological polar surface area (TPSA) is 131 Å². The number of amides is 4. The predicted molar refractivity (Wildman–Crippen MR) is 209 cm³/mol. The molecule has 3 aromatic carbocycles. The van der Waals surface area contributed by atoms with Gasteiger partial charge in [-0.3, -0.25) is 28.8 Å². The molecule has 13 heteroatoms. The molecule has 4 heterocycles. The van der Waals surface area contributed by atoms with Gasteiger partial charge in [0.2, 0.25) is 23.6 Å². The fourth-order valence-corrected chi connectivity index (χ4v) is 11.1. The molecule has 0 spiro atoms. The number of hydrogen-bond donors (Lipinski definition) is 1. The highest BCUT2D eigenvalue weighted by Gasteiger charge is 2.68. The number of imide groups is 2. The van der Waals surface area contributed by atoms with Crippen molar-refractivity contribution >= 4 is 68.2 Å². The van der Waals surface area contributed by atoms with E-state index in [9.17, 15) is 19.5 Å². The van der Waals surface area contributed by atoms with Crippen molar-refractivity contribution in [2.75, 3.05) is 24.0 Å². The van der Waals surface area contributed by atoms with Gasteiger partial charge in [0.1, 0.15) is 28.8 Å². The minimum Gasteiger partial charge on any atom is -0.507 e. The zero-order valence-electron chi connectivity index (χ0n) is 30.7. The number of rotatable bonds is 6. The van der Waals surface area contributed by atoms with E-state index >= 15 is 4.79 Å². The van der Waals surface area contributed by atoms with Gasteiger partial charge in [-0.2, -0.15) is 5.10 Å². The summed E-state index contributed by atoms with van der Waals surface area (Å²) in [6.07, 6.45) is 2.36. The summed E-state index contributed by atoms with van der Waals surface area (Å²) in [5.74, 6) is -4.57. The number of aromatic hydroxyl groups is 1. The summed E-state index contributed by atoms with van der Waals surface area (Å²) in [6.45, 7) is 3.76. The standard InChI is InChI=1S/C42H37ClN4O7S/c1-20-26-15-21(43)11-14-32(26)55-37(20)29-19-33(45(3)44-29)47-39(50)28-18-27-24(12-13-25-34(27)40(51)46(38(25)49)22-9-7-6-8-10-22)36(42(28,2)41(47)52)35-30(48)16-23(53-4)17-31(35)54-5/h6-12,14-17,19,25,27-28,34,36,48H,13,18H2,1-5H3. The van der Waals surface area contributed by atoms with Crippen LogP contribution in [-0.2, 0) is 26.2 Å². The molecule has 6 atom stereocenters. The van der Waals surface area contributed by atoms with Crippen LogP contribution in [0.2, 0.25) is 5.02 Å². The van der Waals surface area contributed by atoms with Crippen LogP contribution < -0.4 is 19.3 Å². The first kappa shape index (κ1) is 35.3. The van der Waals surface area contributed by atoms with Gasteiger partial charge in [0, 0.05) is 46.5 Å². The van der Waals surface area contributed by atoms with E-state index in [2.05, 4.69) is 0 Å². The number of hydrogen-bond acceptors (Lipinski definition) is 9. The lowest BCUT2D eigenvalue weighted by Gasteiger charge is -2.49. The average Bonchev–Trinajstić information content (AvgIpc) is 3.85. The second-order valence-electron chi connectivity index (χ2n) is 15.0. The number of nitrogens with zero attached hydrogens (tertiary/aromatic N) is 4. The molecule has 6 unspecified atom stereocenters. The molecule has 2 aliphatic carbocycles. The third kappa shape index (κ3) is 4.90. The van der Waals surface area contributed by atoms with Gasteiger partial charge in [-0.25, -0.2) is 4.90 Å². The van der Waals surface area contributed by atoms with Gasteiger partial charge in [-0.05, 0) is 73.9 Å². The molecule has 2 aliphatic heterocycles. The van der Waals surface area contributed by atoms with Crippen molar-refractivity contribution < 1.29 is 33.8 Å². The zero-order chi connectivity index (χ0) is 38.7. The molecule has 4 amide bonds. The van der Waals surface area contributed by atoms with Crippen LogP contribution in [0.1, 0.15) is 36.8 Å². The zero-order valence-corrected chi connectivity index (χ0v) is 32.3. The van der Waals surface area contributed by atoms with Crippen LogP contribution >= 0.6 is 22.9 Å². The first-order valence-electron chi connectivity index (χ1n) is 18.1. The number of ether oxygens (including phenoxy) is 2. The van der Waals surface area contributed by atoms with E-state index in [0.29, 0.717) is 33.5 Å². The second-order valence-corrected chi connectivity index (χ2v) is 16.5. The molecule has 0 radical (unpaired) electrons. The van der Waals surface area contributed by atoms with E-state index in [1.54, 1.807) is 66.4 Å². The van der Waals surface area contributed by atoms with Gasteiger partial charge in [0.05, 0.1) is 48.0 Å². The summed E-state index contributed by atoms with van der Waals surface area (Å²) in [5, 5.41) is 18.2. The Labute approximate surface area is 325 Å². The monoisotopic (exact) mass is 776 g/mol. The summed E-state index contributed by atoms with van der Waals surface area (Å²) in [6, 6.07) is 19.4. The van der Waals surface area contributed by atoms with Gasteiger partial charge < -0.3 is 14.6 Å². The number of carbonyl (C=O) groups is 4. The maximum atomic E-state index is 15.2. The summed E-state index contributed by atoms with van der Waals surface area (Å²) in [4.78, 5) is 62.0. The van der Waals surface area contributed by atoms with Gasteiger partial charge in [0.15, 0.2) is 0 Å². The van der Waals surface area contributed by atoms with Crippen LogP contribution in [0.25, 0.3) is 20.7 Å². The molecule has 2 saturated heterocycles. The van der Waals surface area contributed by atoms with E-state index in [-0.39, 0.29) is 36.2 Å². The minimum absolute atomic E-state index is 0.156. The SMILES string of the molecule is COc1cc(O)c(C2C3=CCC4C(=O)N(c5ccccc5)C(=O)C4C3CC3C(=O)N(c4cc(-c5sc6ccc(Cl)cc6c5C)nn4C)C(=O)C32C)c(OC)c1. The van der Waals surface area contributed by atoms with Gasteiger partial charge in [-0.1, -0.05) is 41.4 Å². The first-order chi connectivity index (χ1) is 26.4. The fraction of sp³-hybridized carbons (Fsp3) is 0.310. The number of aryl methyl sites for hydroxylation is 2. The molecule has 280 valence electrons. The highest BCUT2D eigenvalue weighted by Crippen LogP contribution is 2.66. The molecular weight excluding hydrogens is 740 g/mol. The number of carbonyl (C=O) groups excluding carboxylic acids is 4. The molecule has 0 bridgehead atoms. The van der Waals surface area contributed by atoms with Gasteiger partial charge >= 0.3 is 0 Å². The number of phenols is 1. The second kappa shape index (κ2) is 12.5. The molecule has 9 rings (SSSR count). The van der Waals surface area contributed by atoms with Crippen molar-refractivity contribution in [3.63, 3.8) is 0 Å². The van der Waals surface area contributed by atoms with Crippen LogP contribution in [0.3, 0.4) is 0 Å². The third-order valence-corrected chi connectivity index (χ3v) is 13.9. The Kier molecular flexibility index (Phi) is 8.04. The lowest BCUT2D eigenvalue weighted by Crippen LogP contribution is -2.49. The Morgan fingerprint density at radius 1 is 0.927 bits per heavy atom. The largest absolute Gasteiger partial charge is 0.507 e. The first-order valence-corrected chi connectivity index (χ1v) is 19.3. The molecular formula is C42H37ClN4O7S. The lowest BCUT2D eigenvalue weighted by atomic mass is 9.51. The van der Waals surface area contributed by atoms with Crippen molar-refractivity contribution in [2.45, 2.75) is 32.6 Å². The van der Waals surface area contributed by atoms with Crippen molar-refractivity contribution in [3.8, 4) is 27.8 Å². The number of fused-ring (bicyclic) bond motifs is 5. The van der Waals surface area contributed by atoms with E-state index < -0.39 is 46.8 Å². The normalized spacial score (nSPS) is 26.0. The van der Waals surface area contributed by atoms with Crippen molar-refractivity contribution in [1.82, 2.24) is 9.78 Å². The number of methoxy groups -OCH3 is 2. The summed E-state index contributed by atoms with van der Waals surface area (Å²) >= 11 is 7.88. The van der Waals surface area contributed by atoms with Crippen LogP contribution in [0, 0.1) is 36.0 Å². The van der Waals surface area contributed by atoms with Crippen molar-refractivity contribution in [1.29, 1.82) is 0 Å². The van der Waals surface area contributed by atoms with Crippen LogP contribution in [-0.4, -0.2) is 52.7 Å². The van der Waals surface area contributed by atoms with E-state index in [1.807, 2.05) is 37.3 Å². The maximum Gasteiger partial charge on any atom is 0.242 e. The van der Waals surface area contributed by atoms with E-state index in [4.69, 9.17) is 26.2 Å². The van der Waals surface area contributed by atoms with Gasteiger partial charge in [-0.15, -0.1) is 11.3 Å². The Morgan fingerprint density at radius 2 is 1.69 bits per heavy atom. The number of anilines is 2. The Balaban J connectivity index is 1.19. The molecule has 4 aliphatic rings.